The molecule has 0 bridgehead atoms. The predicted octanol–water partition coefficient (Wildman–Crippen LogP) is 5.28. The minimum absolute atomic E-state index is 0.0458. The zero-order chi connectivity index (χ0) is 27.6. The Kier molecular flexibility index (Phi) is 6.93. The van der Waals surface area contributed by atoms with Crippen molar-refractivity contribution >= 4 is 28.4 Å². The number of hydrogen-bond acceptors (Lipinski definition) is 7. The van der Waals surface area contributed by atoms with Gasteiger partial charge in [-0.1, -0.05) is 12.1 Å². The van der Waals surface area contributed by atoms with E-state index in [-0.39, 0.29) is 23.8 Å². The molecule has 1 amide bonds. The van der Waals surface area contributed by atoms with Gasteiger partial charge in [-0.15, -0.1) is 0 Å². The topological polar surface area (TPSA) is 126 Å². The second-order valence-corrected chi connectivity index (χ2v) is 10.4. The number of carbonyl (C=O) groups excluding carboxylic acids is 1. The first-order chi connectivity index (χ1) is 19.4. The molecule has 1 aliphatic rings. The summed E-state index contributed by atoms with van der Waals surface area (Å²) in [5.74, 6) is 1.73. The highest BCUT2D eigenvalue weighted by Crippen LogP contribution is 2.38. The van der Waals surface area contributed by atoms with E-state index in [0.717, 1.165) is 65.6 Å². The molecule has 1 fully saturated rings. The van der Waals surface area contributed by atoms with Crippen LogP contribution in [0.1, 0.15) is 61.5 Å². The van der Waals surface area contributed by atoms with Gasteiger partial charge in [0.05, 0.1) is 29.6 Å². The normalized spacial score (nSPS) is 18.0. The average Bonchev–Trinajstić information content (AvgIpc) is 3.60. The molecule has 0 radical (unpaired) electrons. The van der Waals surface area contributed by atoms with Crippen molar-refractivity contribution in [3.8, 4) is 5.82 Å². The number of hydrogen-bond donors (Lipinski definition) is 3. The van der Waals surface area contributed by atoms with E-state index in [2.05, 4.69) is 35.9 Å². The number of aromatic amines is 1. The zero-order valence-electron chi connectivity index (χ0n) is 22.3. The molecule has 0 aromatic carbocycles. The third-order valence-corrected chi connectivity index (χ3v) is 7.48. The van der Waals surface area contributed by atoms with Crippen molar-refractivity contribution in [3.63, 3.8) is 0 Å². The van der Waals surface area contributed by atoms with E-state index < -0.39 is 5.82 Å². The maximum Gasteiger partial charge on any atom is 0.223 e. The van der Waals surface area contributed by atoms with Crippen LogP contribution in [0.3, 0.4) is 0 Å². The van der Waals surface area contributed by atoms with E-state index in [1.54, 1.807) is 18.5 Å². The van der Waals surface area contributed by atoms with Gasteiger partial charge >= 0.3 is 0 Å². The summed E-state index contributed by atoms with van der Waals surface area (Å²) in [6, 6.07) is 11.3. The van der Waals surface area contributed by atoms with Crippen molar-refractivity contribution in [1.82, 2.24) is 40.2 Å². The van der Waals surface area contributed by atoms with Crippen LogP contribution in [0.15, 0.2) is 61.2 Å². The van der Waals surface area contributed by atoms with E-state index in [9.17, 15) is 9.18 Å². The van der Waals surface area contributed by atoms with Crippen molar-refractivity contribution < 1.29 is 9.18 Å². The van der Waals surface area contributed by atoms with Crippen LogP contribution in [-0.4, -0.2) is 40.8 Å². The Balaban J connectivity index is 1.10. The SMILES string of the molecule is Cc1cc(Nc2cc3cccnc3c([C@H]3CC[C@@H](C(=O)N[C@@H](C)c4ccc(-n5cc(F)cn5)nc4)CC3)n2)n[nH]1. The van der Waals surface area contributed by atoms with Crippen molar-refractivity contribution in [3.05, 3.63) is 84.0 Å². The largest absolute Gasteiger partial charge is 0.349 e. The molecule has 1 atom stereocenters. The molecule has 0 aliphatic heterocycles. The molecule has 11 heteroatoms. The highest BCUT2D eigenvalue weighted by molar-refractivity contribution is 5.84. The lowest BCUT2D eigenvalue weighted by Crippen LogP contribution is -2.34. The van der Waals surface area contributed by atoms with E-state index in [4.69, 9.17) is 4.98 Å². The summed E-state index contributed by atoms with van der Waals surface area (Å²) in [4.78, 5) is 27.1. The average molecular weight is 540 g/mol. The van der Waals surface area contributed by atoms with Crippen LogP contribution in [0.2, 0.25) is 0 Å². The summed E-state index contributed by atoms with van der Waals surface area (Å²) >= 11 is 0. The van der Waals surface area contributed by atoms with E-state index in [0.29, 0.717) is 11.6 Å². The van der Waals surface area contributed by atoms with E-state index in [1.165, 1.54) is 10.9 Å². The molecule has 40 heavy (non-hydrogen) atoms. The van der Waals surface area contributed by atoms with Gasteiger partial charge in [-0.3, -0.25) is 14.9 Å². The number of aryl methyl sites for hydroxylation is 1. The van der Waals surface area contributed by atoms with Gasteiger partial charge in [-0.05, 0) is 63.3 Å². The lowest BCUT2D eigenvalue weighted by Gasteiger charge is -2.29. The lowest BCUT2D eigenvalue weighted by atomic mass is 9.79. The van der Waals surface area contributed by atoms with Gasteiger partial charge in [0.2, 0.25) is 5.91 Å². The van der Waals surface area contributed by atoms with Gasteiger partial charge in [0.15, 0.2) is 17.5 Å². The highest BCUT2D eigenvalue weighted by Gasteiger charge is 2.30. The van der Waals surface area contributed by atoms with Crippen LogP contribution < -0.4 is 10.6 Å². The highest BCUT2D eigenvalue weighted by atomic mass is 19.1. The summed E-state index contributed by atoms with van der Waals surface area (Å²) < 4.78 is 14.6. The fourth-order valence-electron chi connectivity index (χ4n) is 5.33. The molecule has 5 aromatic rings. The zero-order valence-corrected chi connectivity index (χ0v) is 22.3. The molecule has 0 saturated heterocycles. The minimum atomic E-state index is -0.421. The number of rotatable bonds is 7. The first-order valence-corrected chi connectivity index (χ1v) is 13.4. The Labute approximate surface area is 230 Å². The summed E-state index contributed by atoms with van der Waals surface area (Å²) in [5.41, 5.74) is 3.71. The quantitative estimate of drug-likeness (QED) is 0.257. The molecule has 5 aromatic heterocycles. The fourth-order valence-corrected chi connectivity index (χ4v) is 5.33. The number of H-pyrrole nitrogens is 1. The van der Waals surface area contributed by atoms with Crippen molar-refractivity contribution in [2.24, 2.45) is 5.92 Å². The molecule has 1 aliphatic carbocycles. The second-order valence-electron chi connectivity index (χ2n) is 10.4. The molecule has 10 nitrogen and oxygen atoms in total. The monoisotopic (exact) mass is 539 g/mol. The molecular weight excluding hydrogens is 509 g/mol. The maximum atomic E-state index is 13.3. The fraction of sp³-hybridized carbons (Fsp3) is 0.310. The minimum Gasteiger partial charge on any atom is -0.349 e. The number of amides is 1. The third-order valence-electron chi connectivity index (χ3n) is 7.48. The van der Waals surface area contributed by atoms with E-state index >= 15 is 0 Å². The smallest absolute Gasteiger partial charge is 0.223 e. The van der Waals surface area contributed by atoms with Gasteiger partial charge < -0.3 is 10.6 Å². The van der Waals surface area contributed by atoms with Crippen molar-refractivity contribution in [2.45, 2.75) is 51.5 Å². The third kappa shape index (κ3) is 5.40. The standard InChI is InChI=1S/C29H30FN9O/c1-17-12-25(38-37-17)35-24-13-21-4-3-11-31-27(21)28(36-24)19-5-7-20(8-6-19)29(40)34-18(2)22-9-10-26(32-14-22)39-16-23(30)15-33-39/h3-4,9-16,18-20H,5-8H2,1-2H3,(H,34,40)(H2,35,36,37,38)/t18-,19-,20+/m0/s1. The van der Waals surface area contributed by atoms with Crippen LogP contribution in [0.25, 0.3) is 16.7 Å². The van der Waals surface area contributed by atoms with E-state index in [1.807, 2.05) is 44.2 Å². The van der Waals surface area contributed by atoms with Crippen molar-refractivity contribution in [2.75, 3.05) is 5.32 Å². The molecule has 0 spiro atoms. The Bertz CT molecular complexity index is 1640. The molecule has 0 unspecified atom stereocenters. The first-order valence-electron chi connectivity index (χ1n) is 13.4. The summed E-state index contributed by atoms with van der Waals surface area (Å²) in [6.45, 7) is 3.89. The Hall–Kier alpha value is -4.67. The van der Waals surface area contributed by atoms with Crippen LogP contribution in [-0.2, 0) is 4.79 Å². The number of nitrogens with zero attached hydrogens (tertiary/aromatic N) is 6. The second kappa shape index (κ2) is 10.8. The number of fused-ring (bicyclic) bond motifs is 1. The number of pyridine rings is 3. The van der Waals surface area contributed by atoms with Gasteiger partial charge in [0.1, 0.15) is 5.82 Å². The number of carbonyl (C=O) groups is 1. The Morgan fingerprint density at radius 2 is 1.95 bits per heavy atom. The molecule has 204 valence electrons. The van der Waals surface area contributed by atoms with Crippen LogP contribution in [0.4, 0.5) is 16.0 Å². The van der Waals surface area contributed by atoms with Crippen LogP contribution in [0, 0.1) is 18.7 Å². The van der Waals surface area contributed by atoms with Crippen molar-refractivity contribution in [1.29, 1.82) is 0 Å². The van der Waals surface area contributed by atoms with Crippen LogP contribution in [0.5, 0.6) is 0 Å². The Morgan fingerprint density at radius 1 is 1.10 bits per heavy atom. The van der Waals surface area contributed by atoms with Gasteiger partial charge in [-0.25, -0.2) is 19.0 Å². The molecule has 1 saturated carbocycles. The predicted molar refractivity (Wildman–Crippen MR) is 149 cm³/mol. The summed E-state index contributed by atoms with van der Waals surface area (Å²) in [6.07, 6.45) is 9.15. The molecule has 3 N–H and O–H groups in total. The maximum absolute atomic E-state index is 13.3. The van der Waals surface area contributed by atoms with Crippen LogP contribution >= 0.6 is 0 Å². The number of halogens is 1. The van der Waals surface area contributed by atoms with Gasteiger partial charge in [0, 0.05) is 41.4 Å². The first kappa shape index (κ1) is 25.6. The lowest BCUT2D eigenvalue weighted by molar-refractivity contribution is -0.126. The Morgan fingerprint density at radius 3 is 2.65 bits per heavy atom. The van der Waals surface area contributed by atoms with Gasteiger partial charge in [-0.2, -0.15) is 10.2 Å². The molecular formula is C29H30FN9O. The number of anilines is 2. The molecule has 5 heterocycles. The number of aromatic nitrogens is 7. The van der Waals surface area contributed by atoms with Gasteiger partial charge in [0.25, 0.3) is 0 Å². The molecule has 6 rings (SSSR count). The summed E-state index contributed by atoms with van der Waals surface area (Å²) in [5, 5.41) is 18.6. The number of nitrogens with one attached hydrogen (secondary N) is 3. The summed E-state index contributed by atoms with van der Waals surface area (Å²) in [7, 11) is 0.